The summed E-state index contributed by atoms with van der Waals surface area (Å²) in [6.45, 7) is 0.529. The molecular weight excluding hydrogens is 339 g/mol. The predicted molar refractivity (Wildman–Crippen MR) is 89.3 cm³/mol. The zero-order valence-electron chi connectivity index (χ0n) is 12.5. The first-order valence-electron chi connectivity index (χ1n) is 7.08. The van der Waals surface area contributed by atoms with E-state index in [1.165, 1.54) is 11.9 Å². The van der Waals surface area contributed by atoms with Gasteiger partial charge in [0.25, 0.3) is 5.91 Å². The summed E-state index contributed by atoms with van der Waals surface area (Å²) < 4.78 is 0. The van der Waals surface area contributed by atoms with E-state index in [1.54, 1.807) is 12.1 Å². The van der Waals surface area contributed by atoms with Crippen LogP contribution >= 0.6 is 23.2 Å². The maximum absolute atomic E-state index is 11.9. The number of nitrogens with zero attached hydrogens (tertiary/aromatic N) is 1. The Hall–Kier alpha value is -1.85. The molecule has 7 heteroatoms. The molecule has 1 aromatic rings. The first-order chi connectivity index (χ1) is 10.9. The highest BCUT2D eigenvalue weighted by molar-refractivity contribution is 6.42. The van der Waals surface area contributed by atoms with Crippen LogP contribution in [0.25, 0.3) is 6.08 Å². The lowest BCUT2D eigenvalue weighted by atomic mass is 10.1. The highest BCUT2D eigenvalue weighted by Gasteiger charge is 2.41. The van der Waals surface area contributed by atoms with Gasteiger partial charge in [-0.2, -0.15) is 0 Å². The summed E-state index contributed by atoms with van der Waals surface area (Å²) >= 11 is 11.8. The molecule has 1 aromatic carbocycles. The van der Waals surface area contributed by atoms with Crippen LogP contribution in [0.2, 0.25) is 10.0 Å². The highest BCUT2D eigenvalue weighted by atomic mass is 35.5. The largest absolute Gasteiger partial charge is 0.355 e. The maximum Gasteiger partial charge on any atom is 0.290 e. The van der Waals surface area contributed by atoms with Crippen molar-refractivity contribution in [3.8, 4) is 0 Å². The van der Waals surface area contributed by atoms with E-state index in [-0.39, 0.29) is 6.54 Å². The molecule has 122 valence electrons. The highest BCUT2D eigenvalue weighted by Crippen LogP contribution is 2.23. The number of ketones is 1. The van der Waals surface area contributed by atoms with E-state index in [1.807, 2.05) is 18.2 Å². The third-order valence-electron chi connectivity index (χ3n) is 3.51. The molecule has 0 aliphatic carbocycles. The van der Waals surface area contributed by atoms with Crippen LogP contribution in [0.3, 0.4) is 0 Å². The minimum atomic E-state index is -0.897. The van der Waals surface area contributed by atoms with E-state index in [0.29, 0.717) is 23.0 Å². The standard InChI is InChI=1S/C16H16Cl2N2O3/c1-20-9-11(14(21)16(20)23)15(22)19-7-3-2-4-10-5-6-12(17)13(18)8-10/h2,4-6,8,11H,3,7,9H2,1H3,(H,19,22). The van der Waals surface area contributed by atoms with Gasteiger partial charge in [0.2, 0.25) is 11.7 Å². The van der Waals surface area contributed by atoms with Gasteiger partial charge in [0.1, 0.15) is 5.92 Å². The molecule has 2 rings (SSSR count). The van der Waals surface area contributed by atoms with Crippen molar-refractivity contribution in [3.05, 3.63) is 39.9 Å². The van der Waals surface area contributed by atoms with E-state index in [9.17, 15) is 14.4 Å². The molecule has 1 N–H and O–H groups in total. The second-order valence-electron chi connectivity index (χ2n) is 5.26. The monoisotopic (exact) mass is 354 g/mol. The quantitative estimate of drug-likeness (QED) is 0.500. The fourth-order valence-corrected chi connectivity index (χ4v) is 2.52. The molecule has 1 unspecified atom stereocenters. The number of carbonyl (C=O) groups is 3. The number of rotatable bonds is 5. The van der Waals surface area contributed by atoms with Crippen LogP contribution in [-0.4, -0.2) is 42.6 Å². The van der Waals surface area contributed by atoms with Crippen molar-refractivity contribution in [3.63, 3.8) is 0 Å². The first-order valence-corrected chi connectivity index (χ1v) is 7.84. The molecule has 1 fully saturated rings. The number of likely N-dealkylation sites (tertiary alicyclic amines) is 1. The Kier molecular flexibility index (Phi) is 5.80. The average molecular weight is 355 g/mol. The molecule has 0 saturated carbocycles. The number of carbonyl (C=O) groups excluding carboxylic acids is 3. The summed E-state index contributed by atoms with van der Waals surface area (Å²) in [5.41, 5.74) is 0.906. The van der Waals surface area contributed by atoms with Crippen molar-refractivity contribution in [1.82, 2.24) is 10.2 Å². The molecule has 1 heterocycles. The molecule has 5 nitrogen and oxygen atoms in total. The van der Waals surface area contributed by atoms with Gasteiger partial charge in [-0.1, -0.05) is 41.4 Å². The van der Waals surface area contributed by atoms with Gasteiger partial charge in [0, 0.05) is 20.1 Å². The predicted octanol–water partition coefficient (Wildman–Crippen LogP) is 2.17. The SMILES string of the molecule is CN1CC(C(=O)NCCC=Cc2ccc(Cl)c(Cl)c2)C(=O)C1=O. The number of nitrogens with one attached hydrogen (secondary N) is 1. The van der Waals surface area contributed by atoms with Crippen molar-refractivity contribution >= 4 is 46.9 Å². The zero-order valence-corrected chi connectivity index (χ0v) is 14.0. The normalized spacial score (nSPS) is 18.0. The summed E-state index contributed by atoms with van der Waals surface area (Å²) in [5.74, 6) is -2.55. The van der Waals surface area contributed by atoms with E-state index in [4.69, 9.17) is 23.2 Å². The van der Waals surface area contributed by atoms with Crippen LogP contribution in [0.15, 0.2) is 24.3 Å². The second kappa shape index (κ2) is 7.62. The summed E-state index contributed by atoms with van der Waals surface area (Å²) in [5, 5.41) is 3.64. The Labute approximate surface area is 144 Å². The molecule has 0 bridgehead atoms. The van der Waals surface area contributed by atoms with E-state index in [2.05, 4.69) is 5.32 Å². The molecule has 0 radical (unpaired) electrons. The number of likely N-dealkylation sites (N-methyl/N-ethyl adjacent to an activating group) is 1. The topological polar surface area (TPSA) is 66.5 Å². The van der Waals surface area contributed by atoms with E-state index < -0.39 is 23.5 Å². The Morgan fingerprint density at radius 2 is 2.09 bits per heavy atom. The van der Waals surface area contributed by atoms with Crippen LogP contribution in [0.1, 0.15) is 12.0 Å². The molecule has 1 saturated heterocycles. The third kappa shape index (κ3) is 4.33. The van der Waals surface area contributed by atoms with Crippen molar-refractivity contribution in [1.29, 1.82) is 0 Å². The van der Waals surface area contributed by atoms with Crippen molar-refractivity contribution in [2.45, 2.75) is 6.42 Å². The maximum atomic E-state index is 11.9. The minimum absolute atomic E-state index is 0.141. The third-order valence-corrected chi connectivity index (χ3v) is 4.25. The molecule has 1 aliphatic rings. The summed E-state index contributed by atoms with van der Waals surface area (Å²) in [6, 6.07) is 5.30. The molecule has 0 aromatic heterocycles. The van der Waals surface area contributed by atoms with Gasteiger partial charge in [0.15, 0.2) is 0 Å². The first kappa shape index (κ1) is 17.5. The molecule has 0 spiro atoms. The Morgan fingerprint density at radius 1 is 1.35 bits per heavy atom. The lowest BCUT2D eigenvalue weighted by Crippen LogP contribution is -2.35. The Bertz CT molecular complexity index is 673. The van der Waals surface area contributed by atoms with Gasteiger partial charge in [-0.05, 0) is 24.1 Å². The second-order valence-corrected chi connectivity index (χ2v) is 6.07. The number of Topliss-reactive ketones (excluding diaryl/α,β-unsaturated/α-hetero) is 1. The zero-order chi connectivity index (χ0) is 17.0. The van der Waals surface area contributed by atoms with Gasteiger partial charge in [-0.25, -0.2) is 0 Å². The van der Waals surface area contributed by atoms with Crippen molar-refractivity contribution in [2.24, 2.45) is 5.92 Å². The molecular formula is C16H16Cl2N2O3. The van der Waals surface area contributed by atoms with Crippen molar-refractivity contribution < 1.29 is 14.4 Å². The average Bonchev–Trinajstić information content (AvgIpc) is 2.78. The summed E-state index contributed by atoms with van der Waals surface area (Å²) in [4.78, 5) is 36.1. The van der Waals surface area contributed by atoms with Crippen LogP contribution in [0.4, 0.5) is 0 Å². The fourth-order valence-electron chi connectivity index (χ4n) is 2.22. The van der Waals surface area contributed by atoms with E-state index in [0.717, 1.165) is 5.56 Å². The van der Waals surface area contributed by atoms with Crippen LogP contribution in [-0.2, 0) is 14.4 Å². The van der Waals surface area contributed by atoms with Gasteiger partial charge in [0.05, 0.1) is 10.0 Å². The van der Waals surface area contributed by atoms with E-state index >= 15 is 0 Å². The molecule has 2 amide bonds. The Balaban J connectivity index is 1.78. The lowest BCUT2D eigenvalue weighted by molar-refractivity contribution is -0.142. The summed E-state index contributed by atoms with van der Waals surface area (Å²) in [7, 11) is 1.51. The molecule has 1 aliphatic heterocycles. The molecule has 1 atom stereocenters. The fraction of sp³-hybridized carbons (Fsp3) is 0.312. The number of halogens is 2. The number of amides is 2. The number of hydrogen-bond acceptors (Lipinski definition) is 3. The van der Waals surface area contributed by atoms with Crippen LogP contribution in [0.5, 0.6) is 0 Å². The number of benzene rings is 1. The smallest absolute Gasteiger partial charge is 0.290 e. The summed E-state index contributed by atoms with van der Waals surface area (Å²) in [6.07, 6.45) is 4.34. The van der Waals surface area contributed by atoms with Crippen LogP contribution < -0.4 is 5.32 Å². The minimum Gasteiger partial charge on any atom is -0.355 e. The van der Waals surface area contributed by atoms with Gasteiger partial charge in [-0.15, -0.1) is 0 Å². The van der Waals surface area contributed by atoms with Gasteiger partial charge >= 0.3 is 0 Å². The van der Waals surface area contributed by atoms with Gasteiger partial charge < -0.3 is 10.2 Å². The molecule has 23 heavy (non-hydrogen) atoms. The number of hydrogen-bond donors (Lipinski definition) is 1. The van der Waals surface area contributed by atoms with Gasteiger partial charge in [-0.3, -0.25) is 14.4 Å². The van der Waals surface area contributed by atoms with Crippen LogP contribution in [0, 0.1) is 5.92 Å². The van der Waals surface area contributed by atoms with Crippen molar-refractivity contribution in [2.75, 3.05) is 20.1 Å². The Morgan fingerprint density at radius 3 is 2.70 bits per heavy atom. The lowest BCUT2D eigenvalue weighted by Gasteiger charge is -2.08.